The van der Waals surface area contributed by atoms with Gasteiger partial charge in [0, 0.05) is 13.1 Å². The topological polar surface area (TPSA) is 66.6 Å². The summed E-state index contributed by atoms with van der Waals surface area (Å²) < 4.78 is 0. The first kappa shape index (κ1) is 15.7. The van der Waals surface area contributed by atoms with Crippen LogP contribution in [0.3, 0.4) is 0 Å². The summed E-state index contributed by atoms with van der Waals surface area (Å²) in [7, 11) is 0. The van der Waals surface area contributed by atoms with Crippen LogP contribution in [-0.2, 0) is 11.3 Å². The van der Waals surface area contributed by atoms with E-state index < -0.39 is 12.0 Å². The number of nitrogens with two attached hydrogens (primary N) is 1. The molecule has 19 heavy (non-hydrogen) atoms. The van der Waals surface area contributed by atoms with E-state index in [2.05, 4.69) is 0 Å². The molecular weight excluding hydrogens is 240 g/mol. The van der Waals surface area contributed by atoms with E-state index in [1.54, 1.807) is 0 Å². The first-order valence-corrected chi connectivity index (χ1v) is 6.89. The van der Waals surface area contributed by atoms with Crippen LogP contribution < -0.4 is 5.73 Å². The van der Waals surface area contributed by atoms with Crippen LogP contribution in [0.25, 0.3) is 0 Å². The van der Waals surface area contributed by atoms with Crippen molar-refractivity contribution in [1.29, 1.82) is 0 Å². The minimum absolute atomic E-state index is 0.420. The molecule has 0 aromatic heterocycles. The van der Waals surface area contributed by atoms with Crippen molar-refractivity contribution in [2.75, 3.05) is 13.1 Å². The molecule has 1 unspecified atom stereocenters. The maximum absolute atomic E-state index is 11.4. The molecule has 1 atom stereocenters. The predicted molar refractivity (Wildman–Crippen MR) is 76.9 cm³/mol. The molecule has 0 aliphatic rings. The van der Waals surface area contributed by atoms with E-state index in [0.29, 0.717) is 19.5 Å². The van der Waals surface area contributed by atoms with Crippen LogP contribution in [0.15, 0.2) is 30.3 Å². The molecule has 4 nitrogen and oxygen atoms in total. The standard InChI is InChI=1S/C15H24N2O2/c1-2-7-14(15(18)19)17(11-6-10-16)12-13-8-4-3-5-9-13/h3-5,8-9,14H,2,6-7,10-12,16H2,1H3,(H,18,19). The molecule has 0 radical (unpaired) electrons. The maximum atomic E-state index is 11.4. The highest BCUT2D eigenvalue weighted by Crippen LogP contribution is 2.13. The van der Waals surface area contributed by atoms with E-state index in [-0.39, 0.29) is 0 Å². The zero-order valence-corrected chi connectivity index (χ0v) is 11.6. The van der Waals surface area contributed by atoms with Crippen molar-refractivity contribution in [3.05, 3.63) is 35.9 Å². The SMILES string of the molecule is CCCC(C(=O)O)N(CCCN)Cc1ccccc1. The number of carbonyl (C=O) groups is 1. The number of aliphatic carboxylic acids is 1. The smallest absolute Gasteiger partial charge is 0.320 e. The van der Waals surface area contributed by atoms with Crippen molar-refractivity contribution in [2.45, 2.75) is 38.8 Å². The Hall–Kier alpha value is -1.39. The number of hydrogen-bond donors (Lipinski definition) is 2. The fourth-order valence-electron chi connectivity index (χ4n) is 2.19. The molecule has 0 spiro atoms. The summed E-state index contributed by atoms with van der Waals surface area (Å²) in [6.07, 6.45) is 2.36. The first-order valence-electron chi connectivity index (χ1n) is 6.89. The average Bonchev–Trinajstić information content (AvgIpc) is 2.42. The van der Waals surface area contributed by atoms with Crippen LogP contribution >= 0.6 is 0 Å². The minimum Gasteiger partial charge on any atom is -0.480 e. The van der Waals surface area contributed by atoms with Gasteiger partial charge in [-0.15, -0.1) is 0 Å². The molecule has 0 bridgehead atoms. The van der Waals surface area contributed by atoms with Crippen LogP contribution in [0.5, 0.6) is 0 Å². The third-order valence-corrected chi connectivity index (χ3v) is 3.17. The Morgan fingerprint density at radius 2 is 2.05 bits per heavy atom. The molecule has 1 rings (SSSR count). The summed E-state index contributed by atoms with van der Waals surface area (Å²) >= 11 is 0. The van der Waals surface area contributed by atoms with Crippen molar-refractivity contribution in [3.63, 3.8) is 0 Å². The van der Waals surface area contributed by atoms with Crippen LogP contribution in [-0.4, -0.2) is 35.1 Å². The highest BCUT2D eigenvalue weighted by molar-refractivity contribution is 5.73. The third kappa shape index (κ3) is 5.41. The van der Waals surface area contributed by atoms with Crippen LogP contribution in [0.1, 0.15) is 31.7 Å². The van der Waals surface area contributed by atoms with Gasteiger partial charge >= 0.3 is 5.97 Å². The lowest BCUT2D eigenvalue weighted by Gasteiger charge is -2.28. The summed E-state index contributed by atoms with van der Waals surface area (Å²) in [4.78, 5) is 13.4. The highest BCUT2D eigenvalue weighted by Gasteiger charge is 2.24. The Morgan fingerprint density at radius 3 is 2.58 bits per heavy atom. The van der Waals surface area contributed by atoms with Gasteiger partial charge in [0.05, 0.1) is 0 Å². The van der Waals surface area contributed by atoms with Crippen LogP contribution in [0.2, 0.25) is 0 Å². The third-order valence-electron chi connectivity index (χ3n) is 3.17. The van der Waals surface area contributed by atoms with Crippen LogP contribution in [0.4, 0.5) is 0 Å². The van der Waals surface area contributed by atoms with Gasteiger partial charge < -0.3 is 10.8 Å². The van der Waals surface area contributed by atoms with E-state index in [0.717, 1.165) is 24.9 Å². The second-order valence-electron chi connectivity index (χ2n) is 4.74. The summed E-state index contributed by atoms with van der Waals surface area (Å²) in [6.45, 7) is 3.99. The maximum Gasteiger partial charge on any atom is 0.320 e. The molecule has 1 aromatic rings. The molecule has 0 saturated heterocycles. The van der Waals surface area contributed by atoms with E-state index in [9.17, 15) is 9.90 Å². The summed E-state index contributed by atoms with van der Waals surface area (Å²) in [5.41, 5.74) is 6.69. The van der Waals surface area contributed by atoms with Gasteiger partial charge in [0.1, 0.15) is 6.04 Å². The number of nitrogens with zero attached hydrogens (tertiary/aromatic N) is 1. The van der Waals surface area contributed by atoms with Gasteiger partial charge in [0.15, 0.2) is 0 Å². The molecule has 1 aromatic carbocycles. The van der Waals surface area contributed by atoms with Gasteiger partial charge in [0.25, 0.3) is 0 Å². The molecule has 0 saturated carbocycles. The lowest BCUT2D eigenvalue weighted by atomic mass is 10.1. The Bertz CT molecular complexity index is 368. The first-order chi connectivity index (χ1) is 9.19. The zero-order chi connectivity index (χ0) is 14.1. The second-order valence-corrected chi connectivity index (χ2v) is 4.74. The highest BCUT2D eigenvalue weighted by atomic mass is 16.4. The fraction of sp³-hybridized carbons (Fsp3) is 0.533. The van der Waals surface area contributed by atoms with Gasteiger partial charge in [-0.25, -0.2) is 0 Å². The summed E-state index contributed by atoms with van der Waals surface area (Å²) in [5.74, 6) is -0.741. The number of rotatable bonds is 9. The second kappa shape index (κ2) is 8.67. The Labute approximate surface area is 115 Å². The quantitative estimate of drug-likeness (QED) is 0.716. The summed E-state index contributed by atoms with van der Waals surface area (Å²) in [5, 5.41) is 9.38. The normalized spacial score (nSPS) is 12.6. The van der Waals surface area contributed by atoms with Gasteiger partial charge in [-0.1, -0.05) is 43.7 Å². The summed E-state index contributed by atoms with van der Waals surface area (Å²) in [6, 6.07) is 9.56. The lowest BCUT2D eigenvalue weighted by Crippen LogP contribution is -2.41. The van der Waals surface area contributed by atoms with Crippen molar-refractivity contribution in [3.8, 4) is 0 Å². The number of carboxylic acids is 1. The van der Waals surface area contributed by atoms with E-state index in [4.69, 9.17) is 5.73 Å². The van der Waals surface area contributed by atoms with Crippen LogP contribution in [0, 0.1) is 0 Å². The number of hydrogen-bond acceptors (Lipinski definition) is 3. The van der Waals surface area contributed by atoms with Crippen molar-refractivity contribution < 1.29 is 9.90 Å². The van der Waals surface area contributed by atoms with E-state index in [1.807, 2.05) is 42.2 Å². The van der Waals surface area contributed by atoms with Gasteiger partial charge in [-0.05, 0) is 24.9 Å². The molecule has 106 valence electrons. The molecule has 0 amide bonds. The average molecular weight is 264 g/mol. The minimum atomic E-state index is -0.741. The fourth-order valence-corrected chi connectivity index (χ4v) is 2.19. The monoisotopic (exact) mass is 264 g/mol. The van der Waals surface area contributed by atoms with Crippen molar-refractivity contribution in [1.82, 2.24) is 4.90 Å². The number of benzene rings is 1. The molecule has 0 heterocycles. The molecule has 0 fully saturated rings. The zero-order valence-electron chi connectivity index (χ0n) is 11.6. The molecule has 0 aliphatic heterocycles. The Balaban J connectivity index is 2.77. The predicted octanol–water partition coefficient (Wildman–Crippen LogP) is 2.09. The molecule has 3 N–H and O–H groups in total. The molecule has 4 heteroatoms. The molecular formula is C15H24N2O2. The largest absolute Gasteiger partial charge is 0.480 e. The van der Waals surface area contributed by atoms with Gasteiger partial charge in [0.2, 0.25) is 0 Å². The van der Waals surface area contributed by atoms with Gasteiger partial charge in [-0.2, -0.15) is 0 Å². The Morgan fingerprint density at radius 1 is 1.37 bits per heavy atom. The Kier molecular flexibility index (Phi) is 7.15. The lowest BCUT2D eigenvalue weighted by molar-refractivity contribution is -0.143. The van der Waals surface area contributed by atoms with E-state index in [1.165, 1.54) is 0 Å². The van der Waals surface area contributed by atoms with Crippen molar-refractivity contribution in [2.24, 2.45) is 5.73 Å². The van der Waals surface area contributed by atoms with Crippen molar-refractivity contribution >= 4 is 5.97 Å². The molecule has 0 aliphatic carbocycles. The van der Waals surface area contributed by atoms with Gasteiger partial charge in [-0.3, -0.25) is 9.69 Å². The van der Waals surface area contributed by atoms with E-state index >= 15 is 0 Å². The number of carboxylic acid groups (broad SMARTS) is 1.